The number of allylic oxidation sites excluding steroid dienone is 1. The minimum atomic E-state index is -1.23. The summed E-state index contributed by atoms with van der Waals surface area (Å²) in [5.74, 6) is 9.16. The van der Waals surface area contributed by atoms with Crippen molar-refractivity contribution in [2.24, 2.45) is 5.92 Å². The number of hydrogen-bond acceptors (Lipinski definition) is 12. The number of rotatable bonds is 15. The topological polar surface area (TPSA) is 190 Å². The molecule has 7 atom stereocenters. The van der Waals surface area contributed by atoms with Gasteiger partial charge in [-0.15, -0.1) is 0 Å². The van der Waals surface area contributed by atoms with Gasteiger partial charge in [0, 0.05) is 72.5 Å². The number of aliphatic hydroxyl groups is 3. The van der Waals surface area contributed by atoms with Gasteiger partial charge in [0.2, 0.25) is 0 Å². The van der Waals surface area contributed by atoms with Crippen LogP contribution in [-0.4, -0.2) is 101 Å². The summed E-state index contributed by atoms with van der Waals surface area (Å²) in [6, 6.07) is 15.6. The number of aromatic nitrogens is 1. The SMILES string of the molecule is CNCOC12Cc3c4c(c5c(c3OC1c1cc(CCCO)c(O)c(c1)OCCC#CC2NCNCC(C)(O)CC(C)C)CCC(CO)O5)-c1ccc(O)c2c1C(C4)C(c1ccc3[nH]ccc3c1)C=C2. The van der Waals surface area contributed by atoms with Crippen LogP contribution in [0.25, 0.3) is 28.1 Å². The molecule has 13 heteroatoms. The molecule has 4 heterocycles. The van der Waals surface area contributed by atoms with Crippen molar-refractivity contribution < 1.29 is 44.5 Å². The lowest BCUT2D eigenvalue weighted by Crippen LogP contribution is -2.62. The first kappa shape index (κ1) is 47.1. The van der Waals surface area contributed by atoms with E-state index in [1.54, 1.807) is 6.07 Å². The van der Waals surface area contributed by atoms with Gasteiger partial charge in [-0.3, -0.25) is 10.6 Å². The lowest BCUT2D eigenvalue weighted by Gasteiger charge is -2.50. The van der Waals surface area contributed by atoms with Gasteiger partial charge in [0.1, 0.15) is 35.0 Å². The third-order valence-corrected chi connectivity index (χ3v) is 14.8. The molecule has 2 bridgehead atoms. The Balaban J connectivity index is 1.19. The van der Waals surface area contributed by atoms with Crippen LogP contribution in [0.3, 0.4) is 0 Å². The summed E-state index contributed by atoms with van der Waals surface area (Å²) < 4.78 is 28.1. The Morgan fingerprint density at radius 3 is 2.70 bits per heavy atom. The molecule has 0 amide bonds. The summed E-state index contributed by atoms with van der Waals surface area (Å²) in [7, 11) is 1.85. The lowest BCUT2D eigenvalue weighted by molar-refractivity contribution is -0.141. The maximum Gasteiger partial charge on any atom is 0.161 e. The van der Waals surface area contributed by atoms with Crippen molar-refractivity contribution in [2.75, 3.05) is 46.8 Å². The summed E-state index contributed by atoms with van der Waals surface area (Å²) >= 11 is 0. The summed E-state index contributed by atoms with van der Waals surface area (Å²) in [6.45, 7) is 6.92. The van der Waals surface area contributed by atoms with Crippen LogP contribution in [0, 0.1) is 17.8 Å². The minimum absolute atomic E-state index is 0.0235. The molecule has 0 fully saturated rings. The fourth-order valence-electron chi connectivity index (χ4n) is 11.9. The summed E-state index contributed by atoms with van der Waals surface area (Å²) in [4.78, 5) is 3.34. The number of fused-ring (bicyclic) bond motifs is 12. The molecule has 364 valence electrons. The van der Waals surface area contributed by atoms with E-state index in [1.165, 1.54) is 5.56 Å². The van der Waals surface area contributed by atoms with Crippen LogP contribution in [0.4, 0.5) is 0 Å². The van der Waals surface area contributed by atoms with Crippen molar-refractivity contribution in [3.8, 4) is 51.7 Å². The Kier molecular flexibility index (Phi) is 13.2. The van der Waals surface area contributed by atoms with Gasteiger partial charge in [-0.1, -0.05) is 50.0 Å². The third kappa shape index (κ3) is 8.75. The Hall–Kier alpha value is -5.56. The van der Waals surface area contributed by atoms with E-state index in [0.717, 1.165) is 55.4 Å². The molecule has 1 aromatic heterocycles. The highest BCUT2D eigenvalue weighted by Crippen LogP contribution is 2.61. The summed E-state index contributed by atoms with van der Waals surface area (Å²) in [5.41, 5.74) is 8.20. The van der Waals surface area contributed by atoms with Crippen LogP contribution < -0.4 is 30.2 Å². The monoisotopic (exact) mass is 938 g/mol. The number of aromatic hydroxyl groups is 2. The van der Waals surface area contributed by atoms with Crippen molar-refractivity contribution in [3.05, 3.63) is 105 Å². The molecule has 4 aromatic carbocycles. The van der Waals surface area contributed by atoms with Crippen molar-refractivity contribution >= 4 is 17.0 Å². The van der Waals surface area contributed by atoms with Gasteiger partial charge in [0.15, 0.2) is 17.6 Å². The molecule has 0 spiro atoms. The molecular formula is C56H66N4O9. The fourth-order valence-corrected chi connectivity index (χ4v) is 11.9. The number of phenolic OH excluding ortho intramolecular Hbond substituents is 2. The Morgan fingerprint density at radius 1 is 1.01 bits per heavy atom. The van der Waals surface area contributed by atoms with Crippen molar-refractivity contribution in [1.82, 2.24) is 20.9 Å². The van der Waals surface area contributed by atoms with E-state index in [4.69, 9.17) is 18.9 Å². The number of aromatic amines is 1. The first-order valence-electron chi connectivity index (χ1n) is 24.7. The molecule has 69 heavy (non-hydrogen) atoms. The molecule has 0 saturated carbocycles. The van der Waals surface area contributed by atoms with Crippen LogP contribution in [0.5, 0.6) is 28.7 Å². The minimum Gasteiger partial charge on any atom is -0.507 e. The molecule has 10 rings (SSSR count). The van der Waals surface area contributed by atoms with Crippen LogP contribution in [-0.2, 0) is 30.4 Å². The van der Waals surface area contributed by atoms with Gasteiger partial charge in [-0.05, 0) is 139 Å². The van der Waals surface area contributed by atoms with E-state index in [1.807, 2.05) is 38.4 Å². The largest absolute Gasteiger partial charge is 0.507 e. The predicted octanol–water partition coefficient (Wildman–Crippen LogP) is 7.00. The Morgan fingerprint density at radius 2 is 1.88 bits per heavy atom. The normalized spacial score (nSPS) is 23.9. The molecule has 0 radical (unpaired) electrons. The zero-order valence-corrected chi connectivity index (χ0v) is 40.1. The first-order chi connectivity index (χ1) is 33.4. The number of phenols is 2. The van der Waals surface area contributed by atoms with Crippen LogP contribution in [0.2, 0.25) is 0 Å². The lowest BCUT2D eigenvalue weighted by atomic mass is 9.64. The summed E-state index contributed by atoms with van der Waals surface area (Å²) in [6.07, 6.45) is 8.98. The molecule has 9 N–H and O–H groups in total. The number of ether oxygens (including phenoxy) is 4. The molecule has 0 saturated heterocycles. The fraction of sp³-hybridized carbons (Fsp3) is 0.464. The standard InChI is InChI=1S/C56H66N4O9/c1-32(2)26-55(3,65)29-58-30-60-48-9-5-6-21-66-47-24-36(23-35(51(47)64)8-7-20-61)54-56(48,67-31-57-4)27-44-43-25-42-38(33-10-16-45-34(22-33)18-19-59-45)13-14-39-46(63)17-15-40(49(39)42)50(43)53-41(52(44)69-54)12-11-37(28-62)68-53/h10,13-19,22-24,32,37-38,42,48,54,57-65H,6-8,11-12,20-21,25-31H2,1-4H3. The van der Waals surface area contributed by atoms with E-state index in [-0.39, 0.29) is 49.9 Å². The average Bonchev–Trinajstić information content (AvgIpc) is 3.81. The molecule has 2 aliphatic carbocycles. The number of benzene rings is 4. The maximum atomic E-state index is 11.6. The van der Waals surface area contributed by atoms with Crippen LogP contribution in [0.1, 0.15) is 109 Å². The van der Waals surface area contributed by atoms with Gasteiger partial charge >= 0.3 is 0 Å². The molecule has 3 aliphatic heterocycles. The number of H-pyrrole nitrogens is 1. The first-order valence-corrected chi connectivity index (χ1v) is 24.7. The zero-order valence-electron chi connectivity index (χ0n) is 40.1. The van der Waals surface area contributed by atoms with Crippen molar-refractivity contribution in [1.29, 1.82) is 0 Å². The average molecular weight is 939 g/mol. The molecular weight excluding hydrogens is 873 g/mol. The smallest absolute Gasteiger partial charge is 0.161 e. The highest BCUT2D eigenvalue weighted by atomic mass is 16.6. The molecule has 5 aromatic rings. The van der Waals surface area contributed by atoms with E-state index in [2.05, 4.69) is 83.0 Å². The quantitative estimate of drug-likeness (QED) is 0.0297. The number of aliphatic hydroxyl groups excluding tert-OH is 2. The molecule has 13 nitrogen and oxygen atoms in total. The number of aryl methyl sites for hydroxylation is 1. The summed E-state index contributed by atoms with van der Waals surface area (Å²) in [5, 5.41) is 66.6. The van der Waals surface area contributed by atoms with Gasteiger partial charge in [-0.2, -0.15) is 0 Å². The van der Waals surface area contributed by atoms with Gasteiger partial charge in [0.05, 0.1) is 25.5 Å². The third-order valence-electron chi connectivity index (χ3n) is 14.8. The van der Waals surface area contributed by atoms with E-state index in [9.17, 15) is 25.5 Å². The van der Waals surface area contributed by atoms with Crippen molar-refractivity contribution in [2.45, 2.75) is 113 Å². The zero-order chi connectivity index (χ0) is 48.0. The van der Waals surface area contributed by atoms with Crippen molar-refractivity contribution in [3.63, 3.8) is 0 Å². The van der Waals surface area contributed by atoms with E-state index >= 15 is 0 Å². The number of hydrogen-bond donors (Lipinski definition) is 9. The molecule has 7 unspecified atom stereocenters. The van der Waals surface area contributed by atoms with Gasteiger partial charge in [0.25, 0.3) is 0 Å². The van der Waals surface area contributed by atoms with Crippen LogP contribution in [0.15, 0.2) is 60.8 Å². The molecule has 5 aliphatic rings. The highest BCUT2D eigenvalue weighted by molar-refractivity contribution is 5.89. The second kappa shape index (κ2) is 19.3. The predicted molar refractivity (Wildman–Crippen MR) is 266 cm³/mol. The Bertz CT molecular complexity index is 2820. The highest BCUT2D eigenvalue weighted by Gasteiger charge is 2.55. The Labute approximate surface area is 404 Å². The van der Waals surface area contributed by atoms with E-state index < -0.39 is 29.5 Å². The maximum absolute atomic E-state index is 11.6. The second-order valence-corrected chi connectivity index (χ2v) is 20.3. The van der Waals surface area contributed by atoms with Crippen LogP contribution >= 0.6 is 0 Å². The second-order valence-electron chi connectivity index (χ2n) is 20.3. The van der Waals surface area contributed by atoms with Gasteiger partial charge in [-0.25, -0.2) is 0 Å². The van der Waals surface area contributed by atoms with E-state index in [0.29, 0.717) is 93.3 Å². The number of nitrogens with one attached hydrogen (secondary N) is 4. The van der Waals surface area contributed by atoms with Gasteiger partial charge < -0.3 is 54.8 Å².